The van der Waals surface area contributed by atoms with Gasteiger partial charge in [-0.25, -0.2) is 19.6 Å². The van der Waals surface area contributed by atoms with Crippen LogP contribution in [0.2, 0.25) is 10.0 Å². The molecule has 3 aromatic heterocycles. The summed E-state index contributed by atoms with van der Waals surface area (Å²) in [5.41, 5.74) is 3.05. The number of hydrogen-bond donors (Lipinski definition) is 1. The van der Waals surface area contributed by atoms with Crippen molar-refractivity contribution < 1.29 is 4.92 Å². The van der Waals surface area contributed by atoms with Crippen molar-refractivity contribution in [2.45, 2.75) is 6.04 Å². The minimum Gasteiger partial charge on any atom is -0.360 e. The zero-order valence-electron chi connectivity index (χ0n) is 17.8. The van der Waals surface area contributed by atoms with Gasteiger partial charge in [-0.1, -0.05) is 40.5 Å². The quantitative estimate of drug-likeness (QED) is 0.237. The molecule has 0 bridgehead atoms. The van der Waals surface area contributed by atoms with Crippen LogP contribution in [0.5, 0.6) is 0 Å². The highest BCUT2D eigenvalue weighted by Crippen LogP contribution is 2.34. The highest BCUT2D eigenvalue weighted by atomic mass is 35.5. The second-order valence-electron chi connectivity index (χ2n) is 7.43. The fourth-order valence-corrected chi connectivity index (χ4v) is 3.96. The zero-order valence-corrected chi connectivity index (χ0v) is 19.4. The molecule has 0 saturated heterocycles. The van der Waals surface area contributed by atoms with E-state index in [1.54, 1.807) is 29.1 Å². The van der Waals surface area contributed by atoms with Gasteiger partial charge in [0.25, 0.3) is 5.69 Å². The maximum absolute atomic E-state index is 10.9. The largest absolute Gasteiger partial charge is 0.360 e. The van der Waals surface area contributed by atoms with Crippen molar-refractivity contribution in [3.8, 4) is 16.9 Å². The summed E-state index contributed by atoms with van der Waals surface area (Å²) >= 11 is 12.6. The number of pyridine rings is 1. The van der Waals surface area contributed by atoms with E-state index in [1.165, 1.54) is 12.1 Å². The third-order valence-electron chi connectivity index (χ3n) is 5.15. The summed E-state index contributed by atoms with van der Waals surface area (Å²) in [4.78, 5) is 23.6. The molecule has 1 unspecified atom stereocenters. The third kappa shape index (κ3) is 4.48. The van der Waals surface area contributed by atoms with E-state index in [0.717, 1.165) is 11.7 Å². The first-order chi connectivity index (χ1) is 16.9. The zero-order chi connectivity index (χ0) is 24.5. The van der Waals surface area contributed by atoms with E-state index < -0.39 is 11.0 Å². The smallest absolute Gasteiger partial charge is 0.287 e. The summed E-state index contributed by atoms with van der Waals surface area (Å²) < 4.78 is 1.64. The number of nitro groups is 1. The number of nitrogens with zero attached hydrogens (tertiary/aromatic N) is 7. The molecule has 1 N–H and O–H groups in total. The Morgan fingerprint density at radius 2 is 1.89 bits per heavy atom. The lowest BCUT2D eigenvalue weighted by Gasteiger charge is -2.16. The summed E-state index contributed by atoms with van der Waals surface area (Å²) in [7, 11) is 0. The molecule has 10 nitrogen and oxygen atoms in total. The molecule has 5 rings (SSSR count). The predicted molar refractivity (Wildman–Crippen MR) is 133 cm³/mol. The summed E-state index contributed by atoms with van der Waals surface area (Å²) in [6, 6.07) is 14.8. The lowest BCUT2D eigenvalue weighted by Crippen LogP contribution is -2.14. The van der Waals surface area contributed by atoms with Gasteiger partial charge in [0.05, 0.1) is 27.7 Å². The minimum absolute atomic E-state index is 0.114. The van der Waals surface area contributed by atoms with E-state index in [1.807, 2.05) is 24.3 Å². The van der Waals surface area contributed by atoms with E-state index in [9.17, 15) is 10.1 Å². The highest BCUT2D eigenvalue weighted by Gasteiger charge is 2.20. The standard InChI is InChI=1S/C23H15Cl2N8O2/c1-13(28-21-9-7-15(11-26-21)33(34)35)23-27-12-20(32-19-5-3-2-4-18(19)30-31-32)22(29-23)16-8-6-14(24)10-17(16)25/h2-13H,1H2,(H,26,28). The van der Waals surface area contributed by atoms with Gasteiger partial charge in [0.2, 0.25) is 0 Å². The van der Waals surface area contributed by atoms with Crippen molar-refractivity contribution in [3.63, 3.8) is 0 Å². The van der Waals surface area contributed by atoms with E-state index in [-0.39, 0.29) is 5.69 Å². The molecule has 1 atom stereocenters. The van der Waals surface area contributed by atoms with E-state index in [0.29, 0.717) is 44.1 Å². The molecule has 0 spiro atoms. The maximum Gasteiger partial charge on any atom is 0.287 e. The molecule has 0 fully saturated rings. The summed E-state index contributed by atoms with van der Waals surface area (Å²) in [5, 5.41) is 23.3. The van der Waals surface area contributed by atoms with Gasteiger partial charge in [-0.2, -0.15) is 0 Å². The van der Waals surface area contributed by atoms with Crippen molar-refractivity contribution in [1.82, 2.24) is 29.9 Å². The van der Waals surface area contributed by atoms with Gasteiger partial charge in [-0.15, -0.1) is 5.10 Å². The van der Waals surface area contributed by atoms with Crippen molar-refractivity contribution >= 4 is 45.7 Å². The molecule has 0 amide bonds. The average Bonchev–Trinajstić information content (AvgIpc) is 3.28. The molecule has 1 radical (unpaired) electrons. The third-order valence-corrected chi connectivity index (χ3v) is 5.69. The van der Waals surface area contributed by atoms with Gasteiger partial charge >= 0.3 is 0 Å². The Balaban J connectivity index is 1.58. The number of halogens is 2. The van der Waals surface area contributed by atoms with Crippen LogP contribution in [0.4, 0.5) is 11.5 Å². The van der Waals surface area contributed by atoms with Crippen LogP contribution in [-0.4, -0.2) is 34.9 Å². The first kappa shape index (κ1) is 22.6. The molecule has 0 aliphatic rings. The average molecular weight is 506 g/mol. The van der Waals surface area contributed by atoms with Gasteiger partial charge in [0.15, 0.2) is 5.82 Å². The van der Waals surface area contributed by atoms with Crippen LogP contribution in [-0.2, 0) is 0 Å². The molecule has 12 heteroatoms. The van der Waals surface area contributed by atoms with E-state index >= 15 is 0 Å². The van der Waals surface area contributed by atoms with E-state index in [4.69, 9.17) is 28.2 Å². The molecule has 0 aliphatic heterocycles. The number of rotatable bonds is 6. The van der Waals surface area contributed by atoms with Crippen molar-refractivity contribution in [2.24, 2.45) is 0 Å². The minimum atomic E-state index is -0.629. The molecule has 173 valence electrons. The Labute approximate surface area is 208 Å². The lowest BCUT2D eigenvalue weighted by atomic mass is 10.1. The summed E-state index contributed by atoms with van der Waals surface area (Å²) in [6.07, 6.45) is 2.78. The lowest BCUT2D eigenvalue weighted by molar-refractivity contribution is -0.385. The Kier molecular flexibility index (Phi) is 5.98. The molecule has 35 heavy (non-hydrogen) atoms. The van der Waals surface area contributed by atoms with Crippen molar-refractivity contribution in [2.75, 3.05) is 5.32 Å². The monoisotopic (exact) mass is 505 g/mol. The van der Waals surface area contributed by atoms with Crippen LogP contribution in [0.15, 0.2) is 67.0 Å². The van der Waals surface area contributed by atoms with Crippen LogP contribution in [0, 0.1) is 17.0 Å². The number of hydrogen-bond acceptors (Lipinski definition) is 8. The topological polar surface area (TPSA) is 125 Å². The Hall–Kier alpha value is -4.15. The molecular formula is C23H15Cl2N8O2. The number of aromatic nitrogens is 6. The maximum atomic E-state index is 10.9. The number of benzene rings is 2. The fourth-order valence-electron chi connectivity index (χ4n) is 3.46. The second kappa shape index (κ2) is 9.24. The van der Waals surface area contributed by atoms with Crippen molar-refractivity contribution in [1.29, 1.82) is 0 Å². The van der Waals surface area contributed by atoms with Crippen LogP contribution in [0.3, 0.4) is 0 Å². The predicted octanol–water partition coefficient (Wildman–Crippen LogP) is 5.47. The molecule has 0 saturated carbocycles. The first-order valence-electron chi connectivity index (χ1n) is 10.2. The SMILES string of the molecule is [CH2]C(Nc1ccc([N+](=O)[O-])cn1)c1ncc(-n2nnc3ccccc32)c(-c2ccc(Cl)cc2Cl)n1. The number of nitrogens with one attached hydrogen (secondary N) is 1. The Morgan fingerprint density at radius 1 is 1.06 bits per heavy atom. The van der Waals surface area contributed by atoms with Crippen molar-refractivity contribution in [3.05, 3.63) is 99.9 Å². The van der Waals surface area contributed by atoms with E-state index in [2.05, 4.69) is 32.5 Å². The second-order valence-corrected chi connectivity index (χ2v) is 8.28. The number of fused-ring (bicyclic) bond motifs is 1. The molecule has 0 aliphatic carbocycles. The Morgan fingerprint density at radius 3 is 2.63 bits per heavy atom. The van der Waals surface area contributed by atoms with Crippen LogP contribution >= 0.6 is 23.2 Å². The van der Waals surface area contributed by atoms with Crippen LogP contribution in [0.25, 0.3) is 28.0 Å². The van der Waals surface area contributed by atoms with Gasteiger partial charge < -0.3 is 5.32 Å². The van der Waals surface area contributed by atoms with Gasteiger partial charge in [-0.3, -0.25) is 10.1 Å². The number of para-hydroxylation sites is 1. The summed E-state index contributed by atoms with van der Waals surface area (Å²) in [5.74, 6) is 0.732. The summed E-state index contributed by atoms with van der Waals surface area (Å²) in [6.45, 7) is 4.08. The number of anilines is 1. The van der Waals surface area contributed by atoms with Gasteiger partial charge in [0.1, 0.15) is 28.9 Å². The molecule has 3 heterocycles. The van der Waals surface area contributed by atoms with Crippen LogP contribution in [0.1, 0.15) is 11.9 Å². The van der Waals surface area contributed by atoms with Gasteiger partial charge in [-0.05, 0) is 43.3 Å². The fraction of sp³-hybridized carbons (Fsp3) is 0.0435. The molecule has 2 aromatic carbocycles. The first-order valence-corrected chi connectivity index (χ1v) is 11.0. The molecule has 5 aromatic rings. The van der Waals surface area contributed by atoms with Crippen LogP contribution < -0.4 is 5.32 Å². The van der Waals surface area contributed by atoms with Gasteiger partial charge in [0, 0.05) is 16.7 Å². The molecular weight excluding hydrogens is 491 g/mol. The normalized spacial score (nSPS) is 12.0. The Bertz CT molecular complexity index is 1560. The highest BCUT2D eigenvalue weighted by molar-refractivity contribution is 6.36.